The average Bonchev–Trinajstić information content (AvgIpc) is 3.10. The van der Waals surface area contributed by atoms with Gasteiger partial charge in [0, 0.05) is 25.2 Å². The van der Waals surface area contributed by atoms with Crippen molar-refractivity contribution in [2.75, 3.05) is 13.1 Å². The molecule has 1 aromatic carbocycles. The highest BCUT2D eigenvalue weighted by molar-refractivity contribution is 6.42. The van der Waals surface area contributed by atoms with Crippen LogP contribution in [0.15, 0.2) is 12.1 Å². The first kappa shape index (κ1) is 13.6. The quantitative estimate of drug-likeness (QED) is 0.857. The minimum atomic E-state index is -0.448. The lowest BCUT2D eigenvalue weighted by Gasteiger charge is -2.28. The van der Waals surface area contributed by atoms with Gasteiger partial charge in [0.25, 0.3) is 0 Å². The molecule has 19 heavy (non-hydrogen) atoms. The van der Waals surface area contributed by atoms with Crippen molar-refractivity contribution in [2.24, 2.45) is 0 Å². The third kappa shape index (κ3) is 2.89. The summed E-state index contributed by atoms with van der Waals surface area (Å²) in [6.07, 6.45) is 3.68. The Morgan fingerprint density at radius 1 is 1.16 bits per heavy atom. The van der Waals surface area contributed by atoms with Gasteiger partial charge in [-0.15, -0.1) is 0 Å². The van der Waals surface area contributed by atoms with Crippen LogP contribution in [-0.2, 0) is 6.54 Å². The van der Waals surface area contributed by atoms with Crippen LogP contribution in [0.2, 0.25) is 10.0 Å². The Morgan fingerprint density at radius 3 is 2.58 bits per heavy atom. The fourth-order valence-electron chi connectivity index (χ4n) is 2.77. The first-order chi connectivity index (χ1) is 9.16. The van der Waals surface area contributed by atoms with Gasteiger partial charge in [0.15, 0.2) is 0 Å². The van der Waals surface area contributed by atoms with Gasteiger partial charge in [-0.25, -0.2) is 4.39 Å². The maximum absolute atomic E-state index is 13.3. The second-order valence-corrected chi connectivity index (χ2v) is 6.14. The van der Waals surface area contributed by atoms with Crippen LogP contribution in [0.25, 0.3) is 0 Å². The predicted octanol–water partition coefficient (Wildman–Crippen LogP) is 3.46. The van der Waals surface area contributed by atoms with Crippen LogP contribution in [0, 0.1) is 5.82 Å². The van der Waals surface area contributed by atoms with Gasteiger partial charge in [0.05, 0.1) is 10.0 Å². The van der Waals surface area contributed by atoms with E-state index in [0.717, 1.165) is 25.2 Å². The largest absolute Gasteiger partial charge is 0.315 e. The summed E-state index contributed by atoms with van der Waals surface area (Å²) in [5, 5.41) is 3.80. The van der Waals surface area contributed by atoms with E-state index in [1.54, 1.807) is 6.07 Å². The summed E-state index contributed by atoms with van der Waals surface area (Å²) < 4.78 is 13.3. The van der Waals surface area contributed by atoms with Crippen LogP contribution in [0.5, 0.6) is 0 Å². The minimum Gasteiger partial charge on any atom is -0.315 e. The number of hydrogen-bond donors (Lipinski definition) is 1. The van der Waals surface area contributed by atoms with Crippen LogP contribution < -0.4 is 5.32 Å². The zero-order valence-electron chi connectivity index (χ0n) is 10.6. The average molecular weight is 303 g/mol. The van der Waals surface area contributed by atoms with E-state index < -0.39 is 5.82 Å². The SMILES string of the molecule is Fc1ccc(CN(C2CC2)C2CCNC2)c(Cl)c1Cl. The number of nitrogens with one attached hydrogen (secondary N) is 1. The van der Waals surface area contributed by atoms with Crippen LogP contribution in [0.3, 0.4) is 0 Å². The zero-order valence-corrected chi connectivity index (χ0v) is 12.1. The Morgan fingerprint density at radius 2 is 1.95 bits per heavy atom. The number of hydrogen-bond acceptors (Lipinski definition) is 2. The molecule has 0 bridgehead atoms. The molecule has 5 heteroatoms. The summed E-state index contributed by atoms with van der Waals surface area (Å²) >= 11 is 12.0. The summed E-state index contributed by atoms with van der Waals surface area (Å²) in [7, 11) is 0. The van der Waals surface area contributed by atoms with Crippen molar-refractivity contribution in [1.29, 1.82) is 0 Å². The van der Waals surface area contributed by atoms with Crippen LogP contribution in [0.4, 0.5) is 4.39 Å². The summed E-state index contributed by atoms with van der Waals surface area (Å²) in [4.78, 5) is 2.50. The standard InChI is InChI=1S/C14H17Cl2FN2/c15-13-9(1-4-12(17)14(13)16)8-19(10-2-3-10)11-5-6-18-7-11/h1,4,10-11,18H,2-3,5-8H2. The highest BCUT2D eigenvalue weighted by atomic mass is 35.5. The Labute approximate surface area is 122 Å². The van der Waals surface area contributed by atoms with Gasteiger partial charge >= 0.3 is 0 Å². The smallest absolute Gasteiger partial charge is 0.143 e. The summed E-state index contributed by atoms with van der Waals surface area (Å²) in [6.45, 7) is 2.87. The van der Waals surface area contributed by atoms with Crippen molar-refractivity contribution in [3.63, 3.8) is 0 Å². The zero-order chi connectivity index (χ0) is 13.4. The van der Waals surface area contributed by atoms with E-state index in [9.17, 15) is 4.39 Å². The van der Waals surface area contributed by atoms with Crippen LogP contribution in [0.1, 0.15) is 24.8 Å². The van der Waals surface area contributed by atoms with E-state index >= 15 is 0 Å². The third-order valence-electron chi connectivity index (χ3n) is 3.99. The number of nitrogens with zero attached hydrogens (tertiary/aromatic N) is 1. The molecule has 1 atom stereocenters. The van der Waals surface area contributed by atoms with Gasteiger partial charge in [-0.1, -0.05) is 29.3 Å². The fourth-order valence-corrected chi connectivity index (χ4v) is 3.17. The van der Waals surface area contributed by atoms with Crippen LogP contribution >= 0.6 is 23.2 Å². The van der Waals surface area contributed by atoms with E-state index in [2.05, 4.69) is 10.2 Å². The van der Waals surface area contributed by atoms with Gasteiger partial charge < -0.3 is 5.32 Å². The monoisotopic (exact) mass is 302 g/mol. The summed E-state index contributed by atoms with van der Waals surface area (Å²) in [5.74, 6) is -0.448. The maximum Gasteiger partial charge on any atom is 0.143 e. The van der Waals surface area contributed by atoms with E-state index in [0.29, 0.717) is 17.1 Å². The van der Waals surface area contributed by atoms with E-state index in [1.807, 2.05) is 0 Å². The lowest BCUT2D eigenvalue weighted by Crippen LogP contribution is -2.38. The van der Waals surface area contributed by atoms with Crippen molar-refractivity contribution in [2.45, 2.75) is 37.9 Å². The molecule has 2 fully saturated rings. The Balaban J connectivity index is 1.80. The van der Waals surface area contributed by atoms with E-state index in [1.165, 1.54) is 25.3 Å². The van der Waals surface area contributed by atoms with Crippen molar-refractivity contribution >= 4 is 23.2 Å². The highest BCUT2D eigenvalue weighted by Gasteiger charge is 2.35. The molecule has 104 valence electrons. The molecule has 0 aromatic heterocycles. The maximum atomic E-state index is 13.3. The lowest BCUT2D eigenvalue weighted by atomic mass is 10.1. The predicted molar refractivity (Wildman–Crippen MR) is 76.3 cm³/mol. The normalized spacial score (nSPS) is 23.3. The van der Waals surface area contributed by atoms with Crippen molar-refractivity contribution in [3.8, 4) is 0 Å². The Hall–Kier alpha value is -0.350. The summed E-state index contributed by atoms with van der Waals surface area (Å²) in [5.41, 5.74) is 0.923. The van der Waals surface area contributed by atoms with E-state index in [-0.39, 0.29) is 5.02 Å². The molecule has 1 heterocycles. The molecule has 3 rings (SSSR count). The molecule has 1 saturated heterocycles. The minimum absolute atomic E-state index is 0.0412. The fraction of sp³-hybridized carbons (Fsp3) is 0.571. The Kier molecular flexibility index (Phi) is 3.99. The number of rotatable bonds is 4. The van der Waals surface area contributed by atoms with Crippen molar-refractivity contribution < 1.29 is 4.39 Å². The molecular weight excluding hydrogens is 286 g/mol. The van der Waals surface area contributed by atoms with Gasteiger partial charge in [-0.05, 0) is 37.4 Å². The molecule has 0 spiro atoms. The molecule has 2 aliphatic rings. The number of halogens is 3. The lowest BCUT2D eigenvalue weighted by molar-refractivity contribution is 0.189. The van der Waals surface area contributed by atoms with Crippen molar-refractivity contribution in [3.05, 3.63) is 33.6 Å². The second kappa shape index (κ2) is 5.57. The van der Waals surface area contributed by atoms with Gasteiger partial charge in [-0.2, -0.15) is 0 Å². The first-order valence-electron chi connectivity index (χ1n) is 6.75. The Bertz CT molecular complexity index is 471. The molecule has 1 aliphatic carbocycles. The van der Waals surface area contributed by atoms with Gasteiger partial charge in [0.1, 0.15) is 5.82 Å². The molecule has 0 amide bonds. The molecule has 1 N–H and O–H groups in total. The van der Waals surface area contributed by atoms with Gasteiger partial charge in [-0.3, -0.25) is 4.90 Å². The second-order valence-electron chi connectivity index (χ2n) is 5.38. The molecular formula is C14H17Cl2FN2. The third-order valence-corrected chi connectivity index (χ3v) is 4.89. The molecule has 1 aromatic rings. The first-order valence-corrected chi connectivity index (χ1v) is 7.51. The van der Waals surface area contributed by atoms with Crippen molar-refractivity contribution in [1.82, 2.24) is 10.2 Å². The highest BCUT2D eigenvalue weighted by Crippen LogP contribution is 2.35. The molecule has 2 nitrogen and oxygen atoms in total. The molecule has 1 unspecified atom stereocenters. The molecule has 1 aliphatic heterocycles. The van der Waals surface area contributed by atoms with Gasteiger partial charge in [0.2, 0.25) is 0 Å². The van der Waals surface area contributed by atoms with Crippen LogP contribution in [-0.4, -0.2) is 30.1 Å². The number of benzene rings is 1. The topological polar surface area (TPSA) is 15.3 Å². The van der Waals surface area contributed by atoms with E-state index in [4.69, 9.17) is 23.2 Å². The molecule has 0 radical (unpaired) electrons. The molecule has 1 saturated carbocycles. The summed E-state index contributed by atoms with van der Waals surface area (Å²) in [6, 6.07) is 4.38.